The fraction of sp³-hybridized carbons (Fsp3) is 0.480. The normalized spacial score (nSPS) is 29.5. The molecule has 0 saturated heterocycles. The van der Waals surface area contributed by atoms with Gasteiger partial charge in [0.2, 0.25) is 6.29 Å². The maximum atomic E-state index is 13.1. The van der Waals surface area contributed by atoms with Gasteiger partial charge in [-0.25, -0.2) is 0 Å². The standard InChI is InChI=1S/C25H29NO4S/c27-14-16-3-5-17(6-4-16)15-29-24-13-20(23-2-1-9-31-23)12-22(30-24)25(28)26-21-11-18-7-8-19(21)10-18/h1-6,9,12,18-21,24,27H,7-8,10-11,13-15H2,(H,26,28)/t18?,19?,20-,21?,24+/m1/s1. The Morgan fingerprint density at radius 2 is 1.97 bits per heavy atom. The summed E-state index contributed by atoms with van der Waals surface area (Å²) in [7, 11) is 0. The minimum atomic E-state index is -0.476. The van der Waals surface area contributed by atoms with Gasteiger partial charge in [0.15, 0.2) is 5.76 Å². The summed E-state index contributed by atoms with van der Waals surface area (Å²) in [5, 5.41) is 14.5. The lowest BCUT2D eigenvalue weighted by Crippen LogP contribution is -2.41. The van der Waals surface area contributed by atoms with Gasteiger partial charge in [0.1, 0.15) is 0 Å². The first-order chi connectivity index (χ1) is 15.2. The number of allylic oxidation sites excluding steroid dienone is 1. The second-order valence-corrected chi connectivity index (χ2v) is 9.96. The van der Waals surface area contributed by atoms with E-state index < -0.39 is 6.29 Å². The Kier molecular flexibility index (Phi) is 6.12. The third-order valence-corrected chi connectivity index (χ3v) is 7.89. The first-order valence-corrected chi connectivity index (χ1v) is 12.1. The van der Waals surface area contributed by atoms with E-state index in [1.807, 2.05) is 36.4 Å². The Balaban J connectivity index is 1.26. The highest BCUT2D eigenvalue weighted by molar-refractivity contribution is 7.10. The summed E-state index contributed by atoms with van der Waals surface area (Å²) in [4.78, 5) is 14.3. The van der Waals surface area contributed by atoms with E-state index in [1.54, 1.807) is 11.3 Å². The number of carbonyl (C=O) groups excluding carboxylic acids is 1. The zero-order valence-corrected chi connectivity index (χ0v) is 18.4. The SMILES string of the molecule is O=C(NC1CC2CCC1C2)C1=C[C@@H](c2cccs2)C[C@@H](OCc2ccc(CO)cc2)O1. The van der Waals surface area contributed by atoms with Gasteiger partial charge < -0.3 is 19.9 Å². The summed E-state index contributed by atoms with van der Waals surface area (Å²) in [6.07, 6.45) is 7.06. The van der Waals surface area contributed by atoms with Crippen molar-refractivity contribution >= 4 is 17.2 Å². The van der Waals surface area contributed by atoms with Crippen molar-refractivity contribution < 1.29 is 19.4 Å². The summed E-state index contributed by atoms with van der Waals surface area (Å²) in [6, 6.07) is 12.1. The Morgan fingerprint density at radius 3 is 2.65 bits per heavy atom. The van der Waals surface area contributed by atoms with Crippen LogP contribution in [-0.2, 0) is 27.5 Å². The average Bonchev–Trinajstić information content (AvgIpc) is 3.56. The summed E-state index contributed by atoms with van der Waals surface area (Å²) >= 11 is 1.70. The molecule has 2 saturated carbocycles. The first kappa shape index (κ1) is 20.7. The van der Waals surface area contributed by atoms with Gasteiger partial charge in [0.25, 0.3) is 5.91 Å². The number of amides is 1. The van der Waals surface area contributed by atoms with Gasteiger partial charge in [-0.15, -0.1) is 11.3 Å². The number of aliphatic hydroxyl groups is 1. The van der Waals surface area contributed by atoms with E-state index >= 15 is 0 Å². The number of thiophene rings is 1. The molecule has 2 aliphatic carbocycles. The Hall–Kier alpha value is -2.15. The smallest absolute Gasteiger partial charge is 0.286 e. The van der Waals surface area contributed by atoms with E-state index in [2.05, 4.69) is 16.8 Å². The maximum absolute atomic E-state index is 13.1. The molecule has 2 N–H and O–H groups in total. The third kappa shape index (κ3) is 4.71. The van der Waals surface area contributed by atoms with E-state index in [0.29, 0.717) is 24.7 Å². The quantitative estimate of drug-likeness (QED) is 0.668. The number of hydrogen-bond acceptors (Lipinski definition) is 5. The van der Waals surface area contributed by atoms with Gasteiger partial charge in [-0.1, -0.05) is 36.8 Å². The molecule has 5 nitrogen and oxygen atoms in total. The van der Waals surface area contributed by atoms with E-state index in [-0.39, 0.29) is 24.5 Å². The number of benzene rings is 1. The van der Waals surface area contributed by atoms with Crippen LogP contribution in [0.5, 0.6) is 0 Å². The number of ether oxygens (including phenoxy) is 2. The summed E-state index contributed by atoms with van der Waals surface area (Å²) < 4.78 is 12.1. The number of carbonyl (C=O) groups is 1. The molecule has 164 valence electrons. The van der Waals surface area contributed by atoms with Gasteiger partial charge in [-0.05, 0) is 59.7 Å². The first-order valence-electron chi connectivity index (χ1n) is 11.2. The maximum Gasteiger partial charge on any atom is 0.286 e. The third-order valence-electron chi connectivity index (χ3n) is 6.89. The number of aliphatic hydroxyl groups excluding tert-OH is 1. The molecule has 3 aliphatic rings. The lowest BCUT2D eigenvalue weighted by atomic mass is 9.95. The van der Waals surface area contributed by atoms with Crippen molar-refractivity contribution in [3.63, 3.8) is 0 Å². The Labute approximate surface area is 187 Å². The van der Waals surface area contributed by atoms with Crippen LogP contribution in [0.4, 0.5) is 0 Å². The molecule has 2 fully saturated rings. The molecule has 3 unspecified atom stereocenters. The van der Waals surface area contributed by atoms with E-state index in [1.165, 1.54) is 24.1 Å². The van der Waals surface area contributed by atoms with Crippen molar-refractivity contribution in [1.29, 1.82) is 0 Å². The minimum absolute atomic E-state index is 0.0290. The van der Waals surface area contributed by atoms with Crippen molar-refractivity contribution in [2.75, 3.05) is 0 Å². The molecule has 0 spiro atoms. The van der Waals surface area contributed by atoms with Crippen LogP contribution in [0.3, 0.4) is 0 Å². The molecule has 31 heavy (non-hydrogen) atoms. The van der Waals surface area contributed by atoms with Gasteiger partial charge >= 0.3 is 0 Å². The molecule has 2 aromatic rings. The Morgan fingerprint density at radius 1 is 1.13 bits per heavy atom. The van der Waals surface area contributed by atoms with Gasteiger partial charge in [0.05, 0.1) is 13.2 Å². The largest absolute Gasteiger partial charge is 0.459 e. The molecular formula is C25H29NO4S. The van der Waals surface area contributed by atoms with Crippen molar-refractivity contribution in [2.45, 2.75) is 63.6 Å². The molecule has 5 rings (SSSR count). The van der Waals surface area contributed by atoms with E-state index in [0.717, 1.165) is 23.5 Å². The van der Waals surface area contributed by atoms with Gasteiger partial charge in [-0.2, -0.15) is 0 Å². The molecule has 6 heteroatoms. The van der Waals surface area contributed by atoms with Crippen molar-refractivity contribution in [2.24, 2.45) is 11.8 Å². The van der Waals surface area contributed by atoms with Crippen LogP contribution in [0.1, 0.15) is 54.0 Å². The second kappa shape index (κ2) is 9.15. The topological polar surface area (TPSA) is 67.8 Å². The fourth-order valence-corrected chi connectivity index (χ4v) is 6.02. The molecule has 2 heterocycles. The van der Waals surface area contributed by atoms with Crippen LogP contribution in [0.15, 0.2) is 53.6 Å². The summed E-state index contributed by atoms with van der Waals surface area (Å²) in [5.74, 6) is 1.79. The molecule has 1 aromatic carbocycles. The highest BCUT2D eigenvalue weighted by atomic mass is 32.1. The van der Waals surface area contributed by atoms with Gasteiger partial charge in [-0.3, -0.25) is 4.79 Å². The molecular weight excluding hydrogens is 410 g/mol. The molecule has 1 aliphatic heterocycles. The molecule has 5 atom stereocenters. The van der Waals surface area contributed by atoms with E-state index in [9.17, 15) is 9.90 Å². The fourth-order valence-electron chi connectivity index (χ4n) is 5.21. The van der Waals surface area contributed by atoms with Crippen LogP contribution < -0.4 is 5.32 Å². The highest BCUT2D eigenvalue weighted by Crippen LogP contribution is 2.44. The van der Waals surface area contributed by atoms with Crippen LogP contribution >= 0.6 is 11.3 Å². The van der Waals surface area contributed by atoms with Crippen molar-refractivity contribution in [3.8, 4) is 0 Å². The number of hydrogen-bond donors (Lipinski definition) is 2. The summed E-state index contributed by atoms with van der Waals surface area (Å²) in [5.41, 5.74) is 1.88. The number of fused-ring (bicyclic) bond motifs is 2. The van der Waals surface area contributed by atoms with Crippen LogP contribution in [0, 0.1) is 11.8 Å². The lowest BCUT2D eigenvalue weighted by molar-refractivity contribution is -0.150. The zero-order valence-electron chi connectivity index (χ0n) is 17.5. The second-order valence-electron chi connectivity index (χ2n) is 8.98. The van der Waals surface area contributed by atoms with Crippen LogP contribution in [-0.4, -0.2) is 23.3 Å². The molecule has 1 amide bonds. The average molecular weight is 440 g/mol. The Bertz CT molecular complexity index is 924. The minimum Gasteiger partial charge on any atom is -0.459 e. The summed E-state index contributed by atoms with van der Waals surface area (Å²) in [6.45, 7) is 0.427. The van der Waals surface area contributed by atoms with Gasteiger partial charge in [0, 0.05) is 23.3 Å². The number of rotatable bonds is 7. The van der Waals surface area contributed by atoms with Crippen molar-refractivity contribution in [1.82, 2.24) is 5.32 Å². The highest BCUT2D eigenvalue weighted by Gasteiger charge is 2.41. The van der Waals surface area contributed by atoms with Crippen molar-refractivity contribution in [3.05, 3.63) is 69.6 Å². The molecule has 1 aromatic heterocycles. The zero-order chi connectivity index (χ0) is 21.2. The van der Waals surface area contributed by atoms with Crippen LogP contribution in [0.2, 0.25) is 0 Å². The molecule has 0 radical (unpaired) electrons. The van der Waals surface area contributed by atoms with Crippen LogP contribution in [0.25, 0.3) is 0 Å². The monoisotopic (exact) mass is 439 g/mol. The lowest BCUT2D eigenvalue weighted by Gasteiger charge is -2.30. The van der Waals surface area contributed by atoms with E-state index in [4.69, 9.17) is 9.47 Å². The number of nitrogens with one attached hydrogen (secondary N) is 1. The predicted octanol–water partition coefficient (Wildman–Crippen LogP) is 4.48. The molecule has 2 bridgehead atoms. The predicted molar refractivity (Wildman–Crippen MR) is 119 cm³/mol.